The second kappa shape index (κ2) is 7.11. The predicted molar refractivity (Wildman–Crippen MR) is 87.3 cm³/mol. The van der Waals surface area contributed by atoms with Crippen molar-refractivity contribution in [3.8, 4) is 0 Å². The quantitative estimate of drug-likeness (QED) is 0.419. The van der Waals surface area contributed by atoms with Crippen LogP contribution in [0.15, 0.2) is 24.3 Å². The van der Waals surface area contributed by atoms with E-state index in [9.17, 15) is 0 Å². The van der Waals surface area contributed by atoms with Gasteiger partial charge in [0, 0.05) is 0 Å². The normalized spacial score (nSPS) is 22.8. The third kappa shape index (κ3) is 3.41. The maximum atomic E-state index is 5.29. The number of hydrogen-bond acceptors (Lipinski definition) is 3. The van der Waals surface area contributed by atoms with E-state index in [1.54, 1.807) is 0 Å². The molecule has 20 heavy (non-hydrogen) atoms. The standard InChI is InChI=1S/C15H21I2N2O/c1-12(17-16)13-2-4-14(5-3-13)18-6-8-19(9-7-18)15-10-20-11-15/h2-5,12,15H,6-11H2,1H3/q-1. The second-order valence-electron chi connectivity index (χ2n) is 5.50. The van der Waals surface area contributed by atoms with Crippen molar-refractivity contribution >= 4 is 24.3 Å². The van der Waals surface area contributed by atoms with E-state index in [2.05, 4.69) is 59.6 Å². The molecular formula is C15H21I2N2O-. The molecule has 3 rings (SSSR count). The van der Waals surface area contributed by atoms with Gasteiger partial charge >= 0.3 is 142 Å². The summed E-state index contributed by atoms with van der Waals surface area (Å²) < 4.78 is 6.06. The van der Waals surface area contributed by atoms with Gasteiger partial charge < -0.3 is 0 Å². The average Bonchev–Trinajstić information content (AvgIpc) is 2.46. The SMILES string of the molecule is CC([I-]I)c1ccc(N2CCN(C3COC3)CC2)cc1. The van der Waals surface area contributed by atoms with Crippen LogP contribution in [0.3, 0.4) is 0 Å². The number of benzene rings is 1. The van der Waals surface area contributed by atoms with E-state index in [-0.39, 0.29) is 17.2 Å². The summed E-state index contributed by atoms with van der Waals surface area (Å²) in [6.45, 7) is 8.85. The zero-order valence-electron chi connectivity index (χ0n) is 11.8. The van der Waals surface area contributed by atoms with E-state index in [4.69, 9.17) is 4.74 Å². The number of anilines is 1. The Morgan fingerprint density at radius 1 is 1.15 bits per heavy atom. The van der Waals surface area contributed by atoms with E-state index in [0.717, 1.165) is 30.2 Å². The second-order valence-corrected chi connectivity index (χ2v) is 11.0. The van der Waals surface area contributed by atoms with Gasteiger partial charge in [0.15, 0.2) is 0 Å². The molecule has 0 N–H and O–H groups in total. The Balaban J connectivity index is 1.57. The molecular weight excluding hydrogens is 478 g/mol. The van der Waals surface area contributed by atoms with Crippen molar-refractivity contribution in [2.24, 2.45) is 0 Å². The zero-order chi connectivity index (χ0) is 13.9. The maximum absolute atomic E-state index is 5.29. The van der Waals surface area contributed by atoms with Gasteiger partial charge in [0.2, 0.25) is 0 Å². The van der Waals surface area contributed by atoms with Gasteiger partial charge in [-0.2, -0.15) is 0 Å². The van der Waals surface area contributed by atoms with Crippen molar-refractivity contribution < 1.29 is 22.0 Å². The molecule has 1 unspecified atom stereocenters. The molecule has 0 amide bonds. The summed E-state index contributed by atoms with van der Waals surface area (Å²) >= 11 is 2.84. The van der Waals surface area contributed by atoms with Crippen molar-refractivity contribution in [1.82, 2.24) is 4.90 Å². The fourth-order valence-corrected chi connectivity index (χ4v) is 5.29. The van der Waals surface area contributed by atoms with Gasteiger partial charge in [-0.05, 0) is 0 Å². The summed E-state index contributed by atoms with van der Waals surface area (Å²) in [7, 11) is 0. The number of piperazine rings is 1. The first kappa shape index (κ1) is 15.3. The molecule has 5 heteroatoms. The van der Waals surface area contributed by atoms with E-state index in [1.165, 1.54) is 24.3 Å². The van der Waals surface area contributed by atoms with Gasteiger partial charge in [-0.15, -0.1) is 0 Å². The monoisotopic (exact) mass is 499 g/mol. The van der Waals surface area contributed by atoms with Gasteiger partial charge in [0.05, 0.1) is 0 Å². The molecule has 0 aliphatic carbocycles. The average molecular weight is 499 g/mol. The molecule has 0 saturated carbocycles. The molecule has 1 atom stereocenters. The van der Waals surface area contributed by atoms with Crippen LogP contribution in [0.1, 0.15) is 16.4 Å². The minimum absolute atomic E-state index is 0.269. The Morgan fingerprint density at radius 2 is 1.80 bits per heavy atom. The number of nitrogens with zero attached hydrogens (tertiary/aromatic N) is 2. The first-order valence-electron chi connectivity index (χ1n) is 7.19. The fourth-order valence-electron chi connectivity index (χ4n) is 2.78. The van der Waals surface area contributed by atoms with Crippen LogP contribution >= 0.6 is 18.6 Å². The summed E-state index contributed by atoms with van der Waals surface area (Å²) in [4.78, 5) is 5.10. The Morgan fingerprint density at radius 3 is 2.30 bits per heavy atom. The molecule has 3 nitrogen and oxygen atoms in total. The molecule has 2 fully saturated rings. The molecule has 112 valence electrons. The van der Waals surface area contributed by atoms with Crippen LogP contribution in [0.2, 0.25) is 0 Å². The Labute approximate surface area is 141 Å². The van der Waals surface area contributed by atoms with Crippen molar-refractivity contribution in [3.05, 3.63) is 29.8 Å². The van der Waals surface area contributed by atoms with Gasteiger partial charge in [-0.1, -0.05) is 0 Å². The topological polar surface area (TPSA) is 15.7 Å². The fraction of sp³-hybridized carbons (Fsp3) is 0.600. The molecule has 0 aromatic heterocycles. The third-order valence-corrected chi connectivity index (χ3v) is 10.5. The molecule has 2 aliphatic rings. The van der Waals surface area contributed by atoms with Gasteiger partial charge in [-0.25, -0.2) is 0 Å². The number of ether oxygens (including phenoxy) is 1. The number of rotatable bonds is 4. The Hall–Kier alpha value is 0.400. The van der Waals surface area contributed by atoms with Crippen LogP contribution in [0.4, 0.5) is 5.69 Å². The molecule has 1 aromatic carbocycles. The van der Waals surface area contributed by atoms with E-state index < -0.39 is 0 Å². The first-order valence-corrected chi connectivity index (χ1v) is 14.7. The van der Waals surface area contributed by atoms with E-state index >= 15 is 0 Å². The minimum atomic E-state index is 0.269. The molecule has 0 radical (unpaired) electrons. The zero-order valence-corrected chi connectivity index (χ0v) is 16.1. The molecule has 2 heterocycles. The van der Waals surface area contributed by atoms with Crippen molar-refractivity contribution in [2.45, 2.75) is 16.9 Å². The predicted octanol–water partition coefficient (Wildman–Crippen LogP) is -0.293. The molecule has 1 aromatic rings. The van der Waals surface area contributed by atoms with Gasteiger partial charge in [0.25, 0.3) is 0 Å². The number of alkyl halides is 1. The van der Waals surface area contributed by atoms with E-state index in [1.807, 2.05) is 0 Å². The van der Waals surface area contributed by atoms with Crippen LogP contribution in [-0.2, 0) is 4.74 Å². The Kier molecular flexibility index (Phi) is 5.44. The number of halogens is 2. The molecule has 0 spiro atoms. The van der Waals surface area contributed by atoms with Crippen molar-refractivity contribution in [2.75, 3.05) is 44.3 Å². The molecule has 2 saturated heterocycles. The van der Waals surface area contributed by atoms with Crippen LogP contribution in [-0.4, -0.2) is 50.3 Å². The van der Waals surface area contributed by atoms with Crippen molar-refractivity contribution in [3.63, 3.8) is 0 Å². The van der Waals surface area contributed by atoms with Crippen LogP contribution in [0.5, 0.6) is 0 Å². The first-order chi connectivity index (χ1) is 9.78. The molecule has 2 aliphatic heterocycles. The van der Waals surface area contributed by atoms with Crippen LogP contribution in [0, 0.1) is 0 Å². The third-order valence-electron chi connectivity index (χ3n) is 4.29. The van der Waals surface area contributed by atoms with Gasteiger partial charge in [0.1, 0.15) is 0 Å². The summed E-state index contributed by atoms with van der Waals surface area (Å²) in [6, 6.07) is 9.95. The summed E-state index contributed by atoms with van der Waals surface area (Å²) in [6.07, 6.45) is 0. The van der Waals surface area contributed by atoms with Gasteiger partial charge in [-0.3, -0.25) is 0 Å². The molecule has 0 bridgehead atoms. The summed E-state index contributed by atoms with van der Waals surface area (Å²) in [5.41, 5.74) is 2.89. The summed E-state index contributed by atoms with van der Waals surface area (Å²) in [5, 5.41) is 0. The van der Waals surface area contributed by atoms with Crippen LogP contribution < -0.4 is 22.1 Å². The Bertz CT molecular complexity index is 428. The summed E-state index contributed by atoms with van der Waals surface area (Å²) in [5.74, 6) is 0. The van der Waals surface area contributed by atoms with E-state index in [0.29, 0.717) is 6.04 Å². The van der Waals surface area contributed by atoms with Crippen molar-refractivity contribution in [1.29, 1.82) is 0 Å². The number of hydrogen-bond donors (Lipinski definition) is 0. The van der Waals surface area contributed by atoms with Crippen LogP contribution in [0.25, 0.3) is 0 Å².